The van der Waals surface area contributed by atoms with Crippen LogP contribution in [0, 0.1) is 5.82 Å². The molecule has 1 unspecified atom stereocenters. The molecule has 1 aliphatic carbocycles. The molecule has 192 valence electrons. The maximum Gasteiger partial charge on any atom is 0.252 e. The minimum atomic E-state index is -2.85. The van der Waals surface area contributed by atoms with Gasteiger partial charge in [-0.25, -0.2) is 23.1 Å². The molecule has 3 aromatic rings. The molecular weight excluding hydrogens is 507 g/mol. The number of aromatic nitrogens is 2. The fourth-order valence-electron chi connectivity index (χ4n) is 4.65. The fourth-order valence-corrected chi connectivity index (χ4v) is 4.89. The van der Waals surface area contributed by atoms with Crippen LogP contribution in [0.1, 0.15) is 30.9 Å². The van der Waals surface area contributed by atoms with E-state index in [1.54, 1.807) is 47.6 Å². The van der Waals surface area contributed by atoms with Crippen LogP contribution in [0.5, 0.6) is 0 Å². The standard InChI is InChI=1S/C26H23ClF3N5O2/c27-20-8-2-1-7-19(20)22(23(36)33-17-14-26(29,30)15-17)35(18-6-3-5-16(28)13-18)24(37)21-9-12-34(21)25-31-10-4-11-32-25/h1-8,10-11,13,17,21-22H,9,12,14-15H2,(H,33,36)/t21?,22-/m1/s1. The first-order valence-electron chi connectivity index (χ1n) is 11.8. The van der Waals surface area contributed by atoms with Gasteiger partial charge in [-0.1, -0.05) is 35.9 Å². The lowest BCUT2D eigenvalue weighted by Crippen LogP contribution is -2.60. The summed E-state index contributed by atoms with van der Waals surface area (Å²) in [6.07, 6.45) is 2.57. The first-order valence-corrected chi connectivity index (χ1v) is 12.2. The Bertz CT molecular complexity index is 1300. The highest BCUT2D eigenvalue weighted by Crippen LogP contribution is 2.39. The first kappa shape index (κ1) is 25.0. The van der Waals surface area contributed by atoms with Gasteiger partial charge in [0.25, 0.3) is 11.8 Å². The van der Waals surface area contributed by atoms with Gasteiger partial charge in [0.1, 0.15) is 17.9 Å². The van der Waals surface area contributed by atoms with Crippen molar-refractivity contribution in [1.82, 2.24) is 15.3 Å². The molecule has 0 spiro atoms. The van der Waals surface area contributed by atoms with Crippen LogP contribution in [0.15, 0.2) is 67.0 Å². The monoisotopic (exact) mass is 529 g/mol. The second kappa shape index (κ2) is 10.0. The molecule has 2 amide bonds. The molecule has 0 bridgehead atoms. The summed E-state index contributed by atoms with van der Waals surface area (Å²) in [4.78, 5) is 39.1. The summed E-state index contributed by atoms with van der Waals surface area (Å²) in [6.45, 7) is 0.511. The Labute approximate surface area is 216 Å². The number of carbonyl (C=O) groups excluding carboxylic acids is 2. The van der Waals surface area contributed by atoms with Crippen LogP contribution in [0.25, 0.3) is 0 Å². The van der Waals surface area contributed by atoms with Crippen LogP contribution in [0.3, 0.4) is 0 Å². The van der Waals surface area contributed by atoms with Crippen molar-refractivity contribution in [3.05, 3.63) is 83.4 Å². The summed E-state index contributed by atoms with van der Waals surface area (Å²) in [7, 11) is 0. The Morgan fingerprint density at radius 2 is 1.81 bits per heavy atom. The molecule has 2 aliphatic rings. The predicted molar refractivity (Wildman–Crippen MR) is 132 cm³/mol. The quantitative estimate of drug-likeness (QED) is 0.486. The Hall–Kier alpha value is -3.66. The molecule has 5 rings (SSSR count). The Kier molecular flexibility index (Phi) is 6.76. The molecule has 11 heteroatoms. The smallest absolute Gasteiger partial charge is 0.252 e. The SMILES string of the molecule is O=C(NC1CC(F)(F)C1)[C@@H](c1ccccc1Cl)N(C(=O)C1CCN1c1ncccn1)c1cccc(F)c1. The normalized spacial score (nSPS) is 19.4. The van der Waals surface area contributed by atoms with Crippen LogP contribution >= 0.6 is 11.6 Å². The van der Waals surface area contributed by atoms with Crippen LogP contribution in [0.4, 0.5) is 24.8 Å². The number of anilines is 2. The molecule has 2 fully saturated rings. The largest absolute Gasteiger partial charge is 0.351 e. The third-order valence-electron chi connectivity index (χ3n) is 6.58. The maximum atomic E-state index is 14.4. The Balaban J connectivity index is 1.55. The van der Waals surface area contributed by atoms with Gasteiger partial charge in [-0.05, 0) is 36.8 Å². The number of rotatable bonds is 7. The van der Waals surface area contributed by atoms with Gasteiger partial charge >= 0.3 is 0 Å². The summed E-state index contributed by atoms with van der Waals surface area (Å²) in [5, 5.41) is 2.83. The summed E-state index contributed by atoms with van der Waals surface area (Å²) < 4.78 is 41.3. The number of nitrogens with one attached hydrogen (secondary N) is 1. The Morgan fingerprint density at radius 3 is 2.43 bits per heavy atom. The number of hydrogen-bond donors (Lipinski definition) is 1. The molecule has 1 aliphatic heterocycles. The molecule has 0 radical (unpaired) electrons. The van der Waals surface area contributed by atoms with E-state index in [2.05, 4.69) is 15.3 Å². The van der Waals surface area contributed by atoms with Crippen molar-refractivity contribution in [3.63, 3.8) is 0 Å². The third-order valence-corrected chi connectivity index (χ3v) is 6.92. The van der Waals surface area contributed by atoms with E-state index in [-0.39, 0.29) is 16.3 Å². The average molecular weight is 530 g/mol. The zero-order valence-corrected chi connectivity index (χ0v) is 20.3. The molecule has 1 N–H and O–H groups in total. The van der Waals surface area contributed by atoms with Crippen molar-refractivity contribution in [3.8, 4) is 0 Å². The van der Waals surface area contributed by atoms with Crippen LogP contribution in [-0.4, -0.2) is 46.3 Å². The second-order valence-electron chi connectivity index (χ2n) is 9.13. The van der Waals surface area contributed by atoms with Crippen molar-refractivity contribution >= 4 is 35.1 Å². The number of hydrogen-bond acceptors (Lipinski definition) is 5. The summed E-state index contributed by atoms with van der Waals surface area (Å²) >= 11 is 6.47. The van der Waals surface area contributed by atoms with Crippen LogP contribution in [-0.2, 0) is 9.59 Å². The molecule has 37 heavy (non-hydrogen) atoms. The molecule has 2 aromatic carbocycles. The maximum absolute atomic E-state index is 14.4. The predicted octanol–water partition coefficient (Wildman–Crippen LogP) is 4.54. The lowest BCUT2D eigenvalue weighted by molar-refractivity contribution is -0.133. The molecular formula is C26H23ClF3N5O2. The number of amides is 2. The van der Waals surface area contributed by atoms with Gasteiger partial charge in [-0.15, -0.1) is 0 Å². The van der Waals surface area contributed by atoms with E-state index in [4.69, 9.17) is 11.6 Å². The highest BCUT2D eigenvalue weighted by Gasteiger charge is 2.48. The Morgan fingerprint density at radius 1 is 1.08 bits per heavy atom. The van der Waals surface area contributed by atoms with Crippen LogP contribution in [0.2, 0.25) is 5.02 Å². The lowest BCUT2D eigenvalue weighted by atomic mass is 9.87. The number of nitrogens with zero attached hydrogens (tertiary/aromatic N) is 4. The van der Waals surface area contributed by atoms with Crippen LogP contribution < -0.4 is 15.1 Å². The summed E-state index contributed by atoms with van der Waals surface area (Å²) in [5.41, 5.74) is 0.414. The van der Waals surface area contributed by atoms with Gasteiger partial charge in [-0.2, -0.15) is 0 Å². The van der Waals surface area contributed by atoms with Gasteiger partial charge in [0.15, 0.2) is 0 Å². The van der Waals surface area contributed by atoms with Crippen molar-refractivity contribution < 1.29 is 22.8 Å². The number of carbonyl (C=O) groups is 2. The first-order chi connectivity index (χ1) is 17.7. The highest BCUT2D eigenvalue weighted by atomic mass is 35.5. The van der Waals surface area contributed by atoms with Gasteiger partial charge in [-0.3, -0.25) is 14.5 Å². The molecule has 7 nitrogen and oxygen atoms in total. The van der Waals surface area contributed by atoms with Crippen molar-refractivity contribution in [2.45, 2.75) is 43.3 Å². The highest BCUT2D eigenvalue weighted by molar-refractivity contribution is 6.31. The van der Waals surface area contributed by atoms with Gasteiger partial charge in [0.2, 0.25) is 11.9 Å². The minimum absolute atomic E-state index is 0.129. The van der Waals surface area contributed by atoms with E-state index >= 15 is 0 Å². The van der Waals surface area contributed by atoms with Gasteiger partial charge in [0, 0.05) is 54.1 Å². The van der Waals surface area contributed by atoms with Crippen molar-refractivity contribution in [2.75, 3.05) is 16.3 Å². The number of halogens is 4. The summed E-state index contributed by atoms with van der Waals surface area (Å²) in [5.74, 6) is -4.29. The third kappa shape index (κ3) is 5.11. The molecule has 2 heterocycles. The van der Waals surface area contributed by atoms with E-state index in [1.807, 2.05) is 0 Å². The number of benzene rings is 2. The zero-order chi connectivity index (χ0) is 26.2. The van der Waals surface area contributed by atoms with Gasteiger partial charge < -0.3 is 10.2 Å². The lowest BCUT2D eigenvalue weighted by Gasteiger charge is -2.44. The van der Waals surface area contributed by atoms with E-state index < -0.39 is 54.5 Å². The van der Waals surface area contributed by atoms with E-state index in [0.717, 1.165) is 6.07 Å². The minimum Gasteiger partial charge on any atom is -0.351 e. The second-order valence-corrected chi connectivity index (χ2v) is 9.54. The fraction of sp³-hybridized carbons (Fsp3) is 0.308. The molecule has 1 saturated heterocycles. The van der Waals surface area contributed by atoms with E-state index in [1.165, 1.54) is 23.1 Å². The average Bonchev–Trinajstić information content (AvgIpc) is 2.82. The molecule has 2 atom stereocenters. The van der Waals surface area contributed by atoms with E-state index in [9.17, 15) is 22.8 Å². The van der Waals surface area contributed by atoms with Crippen molar-refractivity contribution in [1.29, 1.82) is 0 Å². The summed E-state index contributed by atoms with van der Waals surface area (Å²) in [6, 6.07) is 10.6. The molecule has 1 aromatic heterocycles. The number of alkyl halides is 2. The topological polar surface area (TPSA) is 78.4 Å². The zero-order valence-electron chi connectivity index (χ0n) is 19.5. The van der Waals surface area contributed by atoms with Crippen molar-refractivity contribution in [2.24, 2.45) is 0 Å². The van der Waals surface area contributed by atoms with Gasteiger partial charge in [0.05, 0.1) is 0 Å². The van der Waals surface area contributed by atoms with E-state index in [0.29, 0.717) is 18.9 Å². The molecule has 1 saturated carbocycles.